The molecule has 2 N–H and O–H groups in total. The van der Waals surface area contributed by atoms with Gasteiger partial charge in [-0.3, -0.25) is 9.36 Å². The van der Waals surface area contributed by atoms with E-state index in [1.807, 2.05) is 65.8 Å². The van der Waals surface area contributed by atoms with Crippen molar-refractivity contribution in [3.8, 4) is 5.69 Å². The number of nitrogens with one attached hydrogen (secondary N) is 2. The van der Waals surface area contributed by atoms with Gasteiger partial charge in [0.2, 0.25) is 6.54 Å². The van der Waals surface area contributed by atoms with Crippen molar-refractivity contribution in [2.24, 2.45) is 0 Å². The van der Waals surface area contributed by atoms with Crippen LogP contribution in [0.4, 0.5) is 11.4 Å². The molecule has 4 aromatic rings. The van der Waals surface area contributed by atoms with Gasteiger partial charge in [-0.05, 0) is 43.6 Å². The molecule has 0 unspecified atom stereocenters. The lowest BCUT2D eigenvalue weighted by molar-refractivity contribution is -0.684. The number of hydrogen-bond acceptors (Lipinski definition) is 5. The molecule has 0 aliphatic rings. The van der Waals surface area contributed by atoms with Crippen LogP contribution in [-0.2, 0) is 11.3 Å². The molecule has 0 saturated carbocycles. The van der Waals surface area contributed by atoms with Crippen LogP contribution in [0.2, 0.25) is 0 Å². The number of fused-ring (bicyclic) bond motifs is 1. The van der Waals surface area contributed by atoms with Crippen LogP contribution in [0.5, 0.6) is 0 Å². The van der Waals surface area contributed by atoms with Crippen LogP contribution in [0.1, 0.15) is 10.6 Å². The Morgan fingerprint density at radius 3 is 2.64 bits per heavy atom. The first-order valence-corrected chi connectivity index (χ1v) is 9.69. The van der Waals surface area contributed by atoms with Crippen molar-refractivity contribution in [2.75, 3.05) is 17.7 Å². The fourth-order valence-corrected chi connectivity index (χ4v) is 3.88. The number of amides is 1. The molecule has 0 spiro atoms. The van der Waals surface area contributed by atoms with Crippen molar-refractivity contribution >= 4 is 39.8 Å². The lowest BCUT2D eigenvalue weighted by atomic mass is 10.2. The summed E-state index contributed by atoms with van der Waals surface area (Å²) >= 11 is 1.49. The van der Waals surface area contributed by atoms with E-state index < -0.39 is 0 Å². The van der Waals surface area contributed by atoms with Crippen LogP contribution in [0.15, 0.2) is 49.1 Å². The van der Waals surface area contributed by atoms with Gasteiger partial charge in [0.15, 0.2) is 12.4 Å². The molecule has 0 aliphatic heterocycles. The average molecular weight is 393 g/mol. The normalized spacial score (nSPS) is 11.0. The Bertz CT molecular complexity index is 1130. The molecule has 0 bridgehead atoms. The number of aromatic nitrogens is 4. The number of imidazole rings is 1. The number of aryl methyl sites for hydroxylation is 2. The molecular formula is C20H21N6OS+. The fraction of sp³-hybridized carbons (Fsp3) is 0.200. The molecule has 142 valence electrons. The van der Waals surface area contributed by atoms with Crippen molar-refractivity contribution in [2.45, 2.75) is 20.4 Å². The van der Waals surface area contributed by atoms with Crippen molar-refractivity contribution in [3.05, 3.63) is 59.6 Å². The van der Waals surface area contributed by atoms with Gasteiger partial charge in [0, 0.05) is 35.4 Å². The zero-order valence-electron chi connectivity index (χ0n) is 15.9. The topological polar surface area (TPSA) is 75.7 Å². The number of nitrogens with zero attached hydrogens (tertiary/aromatic N) is 4. The third-order valence-corrected chi connectivity index (χ3v) is 5.41. The summed E-state index contributed by atoms with van der Waals surface area (Å²) in [5.41, 5.74) is 5.61. The minimum Gasteiger partial charge on any atom is -0.388 e. The van der Waals surface area contributed by atoms with Gasteiger partial charge in [0.05, 0.1) is 22.4 Å². The Morgan fingerprint density at radius 2 is 1.96 bits per heavy atom. The second-order valence-corrected chi connectivity index (χ2v) is 7.53. The maximum absolute atomic E-state index is 12.4. The Balaban J connectivity index is 1.53. The number of pyridine rings is 1. The second-order valence-electron chi connectivity index (χ2n) is 6.55. The molecule has 3 aromatic heterocycles. The van der Waals surface area contributed by atoms with E-state index in [9.17, 15) is 4.79 Å². The first-order valence-electron chi connectivity index (χ1n) is 8.92. The number of hydrogen-bond donors (Lipinski definition) is 2. The highest BCUT2D eigenvalue weighted by Gasteiger charge is 2.14. The van der Waals surface area contributed by atoms with Crippen LogP contribution in [0.3, 0.4) is 0 Å². The molecule has 0 atom stereocenters. The summed E-state index contributed by atoms with van der Waals surface area (Å²) in [5, 5.41) is 6.00. The van der Waals surface area contributed by atoms with E-state index in [4.69, 9.17) is 0 Å². The third kappa shape index (κ3) is 3.46. The molecule has 4 rings (SSSR count). The molecule has 0 radical (unpaired) electrons. The Hall–Kier alpha value is -3.26. The Kier molecular flexibility index (Phi) is 4.79. The minimum absolute atomic E-state index is 0.0882. The molecule has 28 heavy (non-hydrogen) atoms. The molecule has 0 aliphatic carbocycles. The van der Waals surface area contributed by atoms with Crippen molar-refractivity contribution < 1.29 is 9.36 Å². The third-order valence-electron chi connectivity index (χ3n) is 4.57. The zero-order chi connectivity index (χ0) is 19.7. The first-order chi connectivity index (χ1) is 13.5. The van der Waals surface area contributed by atoms with E-state index in [0.717, 1.165) is 38.7 Å². The van der Waals surface area contributed by atoms with Crippen LogP contribution in [-0.4, -0.2) is 26.9 Å². The van der Waals surface area contributed by atoms with Gasteiger partial charge in [0.25, 0.3) is 5.91 Å². The van der Waals surface area contributed by atoms with E-state index in [-0.39, 0.29) is 12.5 Å². The van der Waals surface area contributed by atoms with Crippen molar-refractivity contribution in [3.63, 3.8) is 0 Å². The van der Waals surface area contributed by atoms with Crippen LogP contribution < -0.4 is 15.2 Å². The van der Waals surface area contributed by atoms with Crippen molar-refractivity contribution in [1.82, 2.24) is 13.9 Å². The molecule has 8 heteroatoms. The first kappa shape index (κ1) is 18.1. The fourth-order valence-electron chi connectivity index (χ4n) is 3.19. The smallest absolute Gasteiger partial charge is 0.290 e. The van der Waals surface area contributed by atoms with Gasteiger partial charge in [-0.1, -0.05) is 0 Å². The van der Waals surface area contributed by atoms with Gasteiger partial charge in [0.1, 0.15) is 6.33 Å². The van der Waals surface area contributed by atoms with Gasteiger partial charge < -0.3 is 10.6 Å². The van der Waals surface area contributed by atoms with Gasteiger partial charge in [-0.2, -0.15) is 8.94 Å². The lowest BCUT2D eigenvalue weighted by Gasteiger charge is -2.06. The maximum atomic E-state index is 12.4. The summed E-state index contributed by atoms with van der Waals surface area (Å²) in [6.45, 7) is 4.30. The quantitative estimate of drug-likeness (QED) is 0.511. The number of benzene rings is 1. The van der Waals surface area contributed by atoms with Crippen LogP contribution in [0, 0.1) is 13.8 Å². The molecular weight excluding hydrogens is 372 g/mol. The monoisotopic (exact) mass is 393 g/mol. The van der Waals surface area contributed by atoms with E-state index >= 15 is 0 Å². The summed E-state index contributed by atoms with van der Waals surface area (Å²) < 4.78 is 8.30. The van der Waals surface area contributed by atoms with Crippen LogP contribution in [0.25, 0.3) is 16.7 Å². The predicted molar refractivity (Wildman–Crippen MR) is 111 cm³/mol. The van der Waals surface area contributed by atoms with E-state index in [2.05, 4.69) is 26.9 Å². The van der Waals surface area contributed by atoms with Gasteiger partial charge >= 0.3 is 0 Å². The highest BCUT2D eigenvalue weighted by atomic mass is 32.1. The second kappa shape index (κ2) is 7.40. The summed E-state index contributed by atoms with van der Waals surface area (Å²) in [6, 6.07) is 9.62. The molecule has 3 heterocycles. The number of rotatable bonds is 5. The summed E-state index contributed by atoms with van der Waals surface area (Å²) in [4.78, 5) is 18.0. The highest BCUT2D eigenvalue weighted by Crippen LogP contribution is 2.27. The van der Waals surface area contributed by atoms with Gasteiger partial charge in [-0.15, -0.1) is 0 Å². The average Bonchev–Trinajstić information content (AvgIpc) is 3.24. The molecule has 0 fully saturated rings. The van der Waals surface area contributed by atoms with E-state index in [1.54, 1.807) is 6.33 Å². The highest BCUT2D eigenvalue weighted by molar-refractivity contribution is 7.06. The number of carbonyl (C=O) groups is 1. The SMILES string of the molecule is CNc1cc[n+](CC(=O)Nc2ccc3c(c2)ncn3-c2c(C)nsc2C)cc1. The lowest BCUT2D eigenvalue weighted by Crippen LogP contribution is -2.39. The Morgan fingerprint density at radius 1 is 1.18 bits per heavy atom. The predicted octanol–water partition coefficient (Wildman–Crippen LogP) is 3.07. The number of carbonyl (C=O) groups excluding carboxylic acids is 1. The molecule has 0 saturated heterocycles. The van der Waals surface area contributed by atoms with Crippen molar-refractivity contribution in [1.29, 1.82) is 0 Å². The number of anilines is 2. The standard InChI is InChI=1S/C20H20N6OS/c1-13-20(14(2)28-24-13)26-12-22-17-10-16(4-5-18(17)26)23-19(27)11-25-8-6-15(21-3)7-9-25/h4-10,12H,11H2,1-3H3,(H,23,27)/p+1. The molecule has 1 aromatic carbocycles. The van der Waals surface area contributed by atoms with Gasteiger partial charge in [-0.25, -0.2) is 4.98 Å². The molecule has 7 nitrogen and oxygen atoms in total. The Labute approximate surface area is 166 Å². The summed E-state index contributed by atoms with van der Waals surface area (Å²) in [6.07, 6.45) is 5.55. The van der Waals surface area contributed by atoms with E-state index in [1.165, 1.54) is 11.5 Å². The minimum atomic E-state index is -0.0882. The molecule has 1 amide bonds. The summed E-state index contributed by atoms with van der Waals surface area (Å²) in [5.74, 6) is -0.0882. The maximum Gasteiger partial charge on any atom is 0.290 e. The summed E-state index contributed by atoms with van der Waals surface area (Å²) in [7, 11) is 1.86. The van der Waals surface area contributed by atoms with Crippen LogP contribution >= 0.6 is 11.5 Å². The zero-order valence-corrected chi connectivity index (χ0v) is 16.7. The van der Waals surface area contributed by atoms with E-state index in [0.29, 0.717) is 0 Å². The largest absolute Gasteiger partial charge is 0.388 e.